The molecule has 2 aromatic carbocycles. The number of aryl methyl sites for hydroxylation is 1. The summed E-state index contributed by atoms with van der Waals surface area (Å²) in [5.74, 6) is 0. The molecule has 2 aliphatic carbocycles. The third-order valence-corrected chi connectivity index (χ3v) is 12.8. The predicted molar refractivity (Wildman–Crippen MR) is 120 cm³/mol. The van der Waals surface area contributed by atoms with Crippen molar-refractivity contribution in [3.63, 3.8) is 0 Å². The van der Waals surface area contributed by atoms with Crippen LogP contribution in [0, 0.1) is 13.8 Å². The first-order valence-corrected chi connectivity index (χ1v) is 14.6. The summed E-state index contributed by atoms with van der Waals surface area (Å²) in [6.45, 7) is 6.87. The first kappa shape index (κ1) is 24.3. The largest absolute Gasteiger partial charge is 1.00 e. The van der Waals surface area contributed by atoms with Gasteiger partial charge in [-0.15, -0.1) is 0 Å². The van der Waals surface area contributed by atoms with E-state index >= 15 is 0 Å². The topological polar surface area (TPSA) is 4.93 Å². The molecule has 0 aliphatic heterocycles. The van der Waals surface area contributed by atoms with Gasteiger partial charge >= 0.3 is 186 Å². The van der Waals surface area contributed by atoms with E-state index < -0.39 is 22.9 Å². The van der Waals surface area contributed by atoms with Crippen LogP contribution in [0.25, 0.3) is 22.7 Å². The van der Waals surface area contributed by atoms with Gasteiger partial charge in [0.25, 0.3) is 0 Å². The molecule has 31 heavy (non-hydrogen) atoms. The summed E-state index contributed by atoms with van der Waals surface area (Å²) in [5, 5.41) is 1.39. The van der Waals surface area contributed by atoms with Gasteiger partial charge in [0.2, 0.25) is 0 Å². The number of hydrogen-bond acceptors (Lipinski definition) is 0. The zero-order valence-corrected chi connectivity index (χ0v) is 23.4. The molecule has 0 N–H and O–H groups in total. The summed E-state index contributed by atoms with van der Waals surface area (Å²) < 4.78 is 5.01. The molecule has 0 spiro atoms. The average molecular weight is 615 g/mol. The Morgan fingerprint density at radius 1 is 1.00 bits per heavy atom. The Morgan fingerprint density at radius 3 is 2.55 bits per heavy atom. The van der Waals surface area contributed by atoms with Gasteiger partial charge in [-0.2, -0.15) is 0 Å². The number of allylic oxidation sites excluding steroid dienone is 5. The van der Waals surface area contributed by atoms with Crippen LogP contribution in [0.4, 0.5) is 0 Å². The summed E-state index contributed by atoms with van der Waals surface area (Å²) in [6.07, 6.45) is 11.0. The SMILES string of the molecule is CCCC1=[C]([Hf+2][CH]2C(n3c(C)c(C)c4ccccc43)=Cc3ccccc32)CC=C1.[Cl-].[Cl-]. The fourth-order valence-electron chi connectivity index (χ4n) is 4.89. The Balaban J connectivity index is 0.00000136. The van der Waals surface area contributed by atoms with Gasteiger partial charge in [-0.05, 0) is 0 Å². The molecule has 1 atom stereocenters. The summed E-state index contributed by atoms with van der Waals surface area (Å²) in [5.41, 5.74) is 10.3. The molecule has 0 saturated carbocycles. The van der Waals surface area contributed by atoms with E-state index in [9.17, 15) is 0 Å². The third-order valence-electron chi connectivity index (χ3n) is 6.46. The van der Waals surface area contributed by atoms with E-state index in [-0.39, 0.29) is 24.8 Å². The van der Waals surface area contributed by atoms with Crippen molar-refractivity contribution in [2.45, 2.75) is 43.7 Å². The molecule has 1 unspecified atom stereocenters. The number of hydrogen-bond donors (Lipinski definition) is 0. The zero-order chi connectivity index (χ0) is 20.0. The van der Waals surface area contributed by atoms with Gasteiger partial charge in [0, 0.05) is 0 Å². The van der Waals surface area contributed by atoms with E-state index in [0.29, 0.717) is 3.67 Å². The van der Waals surface area contributed by atoms with Crippen LogP contribution in [0.15, 0.2) is 69.6 Å². The molecule has 0 fully saturated rings. The van der Waals surface area contributed by atoms with Crippen LogP contribution in [0.2, 0.25) is 0 Å². The van der Waals surface area contributed by atoms with Gasteiger partial charge in [-0.25, -0.2) is 0 Å². The van der Waals surface area contributed by atoms with Crippen LogP contribution < -0.4 is 24.8 Å². The van der Waals surface area contributed by atoms with Crippen molar-refractivity contribution in [3.05, 3.63) is 92.0 Å². The first-order valence-electron chi connectivity index (χ1n) is 10.7. The minimum absolute atomic E-state index is 0. The standard InChI is InChI=1S/C19H16N.C8H11.2ClH.Hf/c1-13-14(2)20(19-10-6-5-9-18(13)19)17-11-15-7-3-4-8-16(15)12-17;1-2-5-8-6-3-4-7-8;;;/h3-12H,1-2H3;3,6H,2,4-5H2,1H3;2*1H;/q;;;;+2/p-2. The first-order chi connectivity index (χ1) is 14.2. The van der Waals surface area contributed by atoms with Crippen molar-refractivity contribution in [3.8, 4) is 0 Å². The maximum atomic E-state index is 2.57. The molecule has 1 aromatic heterocycles. The molecular weight excluding hydrogens is 588 g/mol. The number of aromatic nitrogens is 1. The van der Waals surface area contributed by atoms with Crippen LogP contribution in [-0.4, -0.2) is 4.57 Å². The van der Waals surface area contributed by atoms with E-state index in [4.69, 9.17) is 0 Å². The quantitative estimate of drug-likeness (QED) is 0.384. The van der Waals surface area contributed by atoms with Gasteiger partial charge in [0.1, 0.15) is 0 Å². The fraction of sp³-hybridized carbons (Fsp3) is 0.259. The molecule has 0 bridgehead atoms. The van der Waals surface area contributed by atoms with Crippen molar-refractivity contribution in [2.24, 2.45) is 0 Å². The Morgan fingerprint density at radius 2 is 1.74 bits per heavy atom. The van der Waals surface area contributed by atoms with E-state index in [1.54, 1.807) is 11.1 Å². The van der Waals surface area contributed by atoms with Gasteiger partial charge in [-0.3, -0.25) is 0 Å². The predicted octanol–water partition coefficient (Wildman–Crippen LogP) is 1.42. The van der Waals surface area contributed by atoms with Crippen LogP contribution in [0.5, 0.6) is 0 Å². The molecule has 0 saturated heterocycles. The molecule has 0 amide bonds. The minimum atomic E-state index is -1.08. The number of nitrogens with zero attached hydrogens (tertiary/aromatic N) is 1. The third kappa shape index (κ3) is 4.19. The number of halogens is 2. The summed E-state index contributed by atoms with van der Waals surface area (Å²) in [6, 6.07) is 18.0. The van der Waals surface area contributed by atoms with Gasteiger partial charge in [-0.1, -0.05) is 0 Å². The number of rotatable bonds is 5. The average Bonchev–Trinajstić information content (AvgIpc) is 3.40. The van der Waals surface area contributed by atoms with Crippen molar-refractivity contribution in [1.82, 2.24) is 4.57 Å². The summed E-state index contributed by atoms with van der Waals surface area (Å²) in [4.78, 5) is 0. The Kier molecular flexibility index (Phi) is 7.89. The maximum absolute atomic E-state index is 2.57. The Hall–Kier alpha value is -1.35. The molecule has 1 nitrogen and oxygen atoms in total. The molecule has 0 radical (unpaired) electrons. The monoisotopic (exact) mass is 615 g/mol. The maximum Gasteiger partial charge on any atom is -1.00 e. The van der Waals surface area contributed by atoms with Crippen LogP contribution in [-0.2, 0) is 22.9 Å². The fourth-order valence-corrected chi connectivity index (χ4v) is 11.2. The van der Waals surface area contributed by atoms with Gasteiger partial charge < -0.3 is 24.8 Å². The van der Waals surface area contributed by atoms with Crippen molar-refractivity contribution < 1.29 is 47.7 Å². The van der Waals surface area contributed by atoms with Crippen LogP contribution in [0.1, 0.15) is 52.2 Å². The van der Waals surface area contributed by atoms with Crippen molar-refractivity contribution in [2.75, 3.05) is 0 Å². The van der Waals surface area contributed by atoms with E-state index in [0.717, 1.165) is 0 Å². The van der Waals surface area contributed by atoms with Gasteiger partial charge in [0.15, 0.2) is 0 Å². The molecule has 3 aromatic rings. The second-order valence-electron chi connectivity index (χ2n) is 8.20. The molecule has 158 valence electrons. The smallest absolute Gasteiger partial charge is 1.00 e. The number of fused-ring (bicyclic) bond motifs is 2. The number of para-hydroxylation sites is 1. The van der Waals surface area contributed by atoms with Crippen LogP contribution >= 0.6 is 0 Å². The van der Waals surface area contributed by atoms with E-state index in [1.807, 2.05) is 3.33 Å². The Labute approximate surface area is 209 Å². The van der Waals surface area contributed by atoms with E-state index in [2.05, 4.69) is 92.1 Å². The molecular formula is C27H27Cl2HfN. The summed E-state index contributed by atoms with van der Waals surface area (Å²) >= 11 is -1.08. The van der Waals surface area contributed by atoms with Crippen LogP contribution in [0.3, 0.4) is 0 Å². The molecule has 2 aliphatic rings. The van der Waals surface area contributed by atoms with Crippen molar-refractivity contribution >= 4 is 22.7 Å². The van der Waals surface area contributed by atoms with E-state index in [1.165, 1.54) is 52.7 Å². The zero-order valence-electron chi connectivity index (χ0n) is 18.3. The van der Waals surface area contributed by atoms with Gasteiger partial charge in [0.05, 0.1) is 0 Å². The number of benzene rings is 2. The van der Waals surface area contributed by atoms with Crippen molar-refractivity contribution in [1.29, 1.82) is 0 Å². The minimum Gasteiger partial charge on any atom is -1.00 e. The molecule has 5 rings (SSSR count). The normalized spacial score (nSPS) is 16.6. The molecule has 4 heteroatoms. The summed E-state index contributed by atoms with van der Waals surface area (Å²) in [7, 11) is 0. The second kappa shape index (κ2) is 10.1. The second-order valence-corrected chi connectivity index (χ2v) is 13.5. The Bertz CT molecular complexity index is 1200. The molecule has 1 heterocycles.